The van der Waals surface area contributed by atoms with Crippen molar-refractivity contribution < 1.29 is 14.3 Å². The summed E-state index contributed by atoms with van der Waals surface area (Å²) in [5.41, 5.74) is 2.52. The van der Waals surface area contributed by atoms with Gasteiger partial charge in [0.2, 0.25) is 0 Å². The first-order valence-corrected chi connectivity index (χ1v) is 8.46. The molecule has 0 atom stereocenters. The van der Waals surface area contributed by atoms with Gasteiger partial charge < -0.3 is 19.9 Å². The van der Waals surface area contributed by atoms with Crippen molar-refractivity contribution in [1.82, 2.24) is 14.8 Å². The van der Waals surface area contributed by atoms with Crippen molar-refractivity contribution in [2.75, 3.05) is 45.7 Å². The Morgan fingerprint density at radius 2 is 1.65 bits per heavy atom. The maximum atomic E-state index is 12.5. The summed E-state index contributed by atoms with van der Waals surface area (Å²) >= 11 is 0. The van der Waals surface area contributed by atoms with Crippen LogP contribution < -0.4 is 5.32 Å². The molecule has 0 bridgehead atoms. The molecule has 1 aromatic carbocycles. The van der Waals surface area contributed by atoms with Gasteiger partial charge in [-0.05, 0) is 43.4 Å². The number of nitrogens with one attached hydrogen (secondary N) is 1. The van der Waals surface area contributed by atoms with Crippen molar-refractivity contribution in [3.05, 3.63) is 53.9 Å². The zero-order valence-corrected chi connectivity index (χ0v) is 14.9. The molecule has 1 saturated heterocycles. The Hall–Kier alpha value is -2.93. The number of esters is 1. The lowest BCUT2D eigenvalue weighted by Gasteiger charge is -2.32. The second-order valence-corrected chi connectivity index (χ2v) is 6.22. The Kier molecular flexibility index (Phi) is 5.48. The first-order chi connectivity index (χ1) is 12.6. The summed E-state index contributed by atoms with van der Waals surface area (Å²) in [6.07, 6.45) is 1.64. The standard InChI is InChI=1S/C19H22N4O3/c1-22-9-11-23(12-10-22)18(24)17-8-7-16(13-20-17)21-15-5-3-14(4-6-15)19(25)26-2/h3-8,13,21H,9-12H2,1-2H3. The second kappa shape index (κ2) is 7.97. The number of piperazine rings is 1. The number of benzene rings is 1. The van der Waals surface area contributed by atoms with E-state index in [1.807, 2.05) is 11.0 Å². The molecule has 1 aromatic heterocycles. The SMILES string of the molecule is COC(=O)c1ccc(Nc2ccc(C(=O)N3CCN(C)CC3)nc2)cc1. The third-order valence-electron chi connectivity index (χ3n) is 4.37. The average molecular weight is 354 g/mol. The summed E-state index contributed by atoms with van der Waals surface area (Å²) in [7, 11) is 3.41. The minimum atomic E-state index is -0.370. The van der Waals surface area contributed by atoms with E-state index in [-0.39, 0.29) is 11.9 Å². The minimum Gasteiger partial charge on any atom is -0.465 e. The van der Waals surface area contributed by atoms with Gasteiger partial charge in [-0.25, -0.2) is 9.78 Å². The number of pyridine rings is 1. The van der Waals surface area contributed by atoms with Crippen LogP contribution in [-0.4, -0.2) is 67.0 Å². The van der Waals surface area contributed by atoms with Gasteiger partial charge in [0.15, 0.2) is 0 Å². The van der Waals surface area contributed by atoms with E-state index in [1.165, 1.54) is 7.11 Å². The number of carbonyl (C=O) groups excluding carboxylic acids is 2. The highest BCUT2D eigenvalue weighted by Gasteiger charge is 2.21. The van der Waals surface area contributed by atoms with Crippen molar-refractivity contribution in [2.45, 2.75) is 0 Å². The number of amides is 1. The van der Waals surface area contributed by atoms with E-state index in [4.69, 9.17) is 0 Å². The summed E-state index contributed by atoms with van der Waals surface area (Å²) < 4.78 is 4.68. The zero-order valence-electron chi connectivity index (χ0n) is 14.9. The van der Waals surface area contributed by atoms with Gasteiger partial charge in [0.1, 0.15) is 5.69 Å². The van der Waals surface area contributed by atoms with Crippen LogP contribution in [0.5, 0.6) is 0 Å². The van der Waals surface area contributed by atoms with Gasteiger partial charge in [-0.1, -0.05) is 0 Å². The predicted molar refractivity (Wildman–Crippen MR) is 98.7 cm³/mol. The van der Waals surface area contributed by atoms with E-state index in [1.54, 1.807) is 36.5 Å². The number of rotatable bonds is 4. The third-order valence-corrected chi connectivity index (χ3v) is 4.37. The maximum absolute atomic E-state index is 12.5. The molecule has 1 fully saturated rings. The monoisotopic (exact) mass is 354 g/mol. The maximum Gasteiger partial charge on any atom is 0.337 e. The summed E-state index contributed by atoms with van der Waals surface area (Å²) in [5, 5.41) is 3.19. The lowest BCUT2D eigenvalue weighted by atomic mass is 10.2. The predicted octanol–water partition coefficient (Wildman–Crippen LogP) is 2.00. The smallest absolute Gasteiger partial charge is 0.337 e. The minimum absolute atomic E-state index is 0.0351. The topological polar surface area (TPSA) is 74.8 Å². The molecule has 2 aromatic rings. The summed E-state index contributed by atoms with van der Waals surface area (Å²) in [6, 6.07) is 10.5. The van der Waals surface area contributed by atoms with Gasteiger partial charge in [-0.2, -0.15) is 0 Å². The fourth-order valence-electron chi connectivity index (χ4n) is 2.74. The number of carbonyl (C=O) groups is 2. The van der Waals surface area contributed by atoms with E-state index in [0.717, 1.165) is 37.6 Å². The van der Waals surface area contributed by atoms with Gasteiger partial charge in [-0.15, -0.1) is 0 Å². The normalized spacial score (nSPS) is 14.8. The number of ether oxygens (including phenoxy) is 1. The van der Waals surface area contributed by atoms with E-state index >= 15 is 0 Å². The number of likely N-dealkylation sites (N-methyl/N-ethyl adjacent to an activating group) is 1. The molecule has 0 saturated carbocycles. The van der Waals surface area contributed by atoms with Gasteiger partial charge in [0.25, 0.3) is 5.91 Å². The van der Waals surface area contributed by atoms with Crippen LogP contribution in [0, 0.1) is 0 Å². The number of hydrogen-bond acceptors (Lipinski definition) is 6. The molecule has 26 heavy (non-hydrogen) atoms. The third kappa shape index (κ3) is 4.18. The average Bonchev–Trinajstić information content (AvgIpc) is 2.68. The summed E-state index contributed by atoms with van der Waals surface area (Å²) in [5.74, 6) is -0.405. The van der Waals surface area contributed by atoms with Crippen molar-refractivity contribution in [1.29, 1.82) is 0 Å². The van der Waals surface area contributed by atoms with Crippen molar-refractivity contribution in [3.8, 4) is 0 Å². The van der Waals surface area contributed by atoms with Gasteiger partial charge in [0.05, 0.1) is 24.6 Å². The molecular weight excluding hydrogens is 332 g/mol. The lowest BCUT2D eigenvalue weighted by Crippen LogP contribution is -2.47. The highest BCUT2D eigenvalue weighted by atomic mass is 16.5. The molecule has 2 heterocycles. The Morgan fingerprint density at radius 3 is 2.23 bits per heavy atom. The van der Waals surface area contributed by atoms with Gasteiger partial charge in [0, 0.05) is 31.9 Å². The Balaban J connectivity index is 1.62. The molecule has 0 aliphatic carbocycles. The number of aromatic nitrogens is 1. The van der Waals surface area contributed by atoms with Crippen molar-refractivity contribution in [3.63, 3.8) is 0 Å². The van der Waals surface area contributed by atoms with E-state index < -0.39 is 0 Å². The molecule has 1 aliphatic rings. The van der Waals surface area contributed by atoms with Gasteiger partial charge >= 0.3 is 5.97 Å². The molecule has 136 valence electrons. The molecule has 0 radical (unpaired) electrons. The molecule has 1 N–H and O–H groups in total. The fraction of sp³-hybridized carbons (Fsp3) is 0.316. The zero-order chi connectivity index (χ0) is 18.5. The first kappa shape index (κ1) is 17.9. The van der Waals surface area contributed by atoms with Crippen LogP contribution in [0.2, 0.25) is 0 Å². The van der Waals surface area contributed by atoms with Crippen LogP contribution >= 0.6 is 0 Å². The highest BCUT2D eigenvalue weighted by molar-refractivity contribution is 5.92. The van der Waals surface area contributed by atoms with Crippen LogP contribution in [0.25, 0.3) is 0 Å². The Bertz CT molecular complexity index is 766. The largest absolute Gasteiger partial charge is 0.465 e. The van der Waals surface area contributed by atoms with Crippen LogP contribution in [0.3, 0.4) is 0 Å². The van der Waals surface area contributed by atoms with Crippen LogP contribution in [0.15, 0.2) is 42.6 Å². The van der Waals surface area contributed by atoms with Crippen LogP contribution in [0.4, 0.5) is 11.4 Å². The second-order valence-electron chi connectivity index (χ2n) is 6.22. The molecule has 0 unspecified atom stereocenters. The van der Waals surface area contributed by atoms with Crippen molar-refractivity contribution >= 4 is 23.3 Å². The first-order valence-electron chi connectivity index (χ1n) is 8.46. The molecule has 7 heteroatoms. The number of nitrogens with zero attached hydrogens (tertiary/aromatic N) is 3. The highest BCUT2D eigenvalue weighted by Crippen LogP contribution is 2.17. The molecule has 1 amide bonds. The van der Waals surface area contributed by atoms with Crippen molar-refractivity contribution in [2.24, 2.45) is 0 Å². The van der Waals surface area contributed by atoms with Gasteiger partial charge in [-0.3, -0.25) is 4.79 Å². The van der Waals surface area contributed by atoms with Crippen LogP contribution in [0.1, 0.15) is 20.8 Å². The van der Waals surface area contributed by atoms with Crippen LogP contribution in [-0.2, 0) is 4.74 Å². The molecule has 1 aliphatic heterocycles. The van der Waals surface area contributed by atoms with E-state index in [2.05, 4.69) is 27.0 Å². The molecule has 0 spiro atoms. The Morgan fingerprint density at radius 1 is 1.00 bits per heavy atom. The number of anilines is 2. The Labute approximate surface area is 152 Å². The van der Waals surface area contributed by atoms with E-state index in [9.17, 15) is 9.59 Å². The summed E-state index contributed by atoms with van der Waals surface area (Å²) in [6.45, 7) is 3.22. The summed E-state index contributed by atoms with van der Waals surface area (Å²) in [4.78, 5) is 32.3. The lowest BCUT2D eigenvalue weighted by molar-refractivity contribution is 0.0599. The van der Waals surface area contributed by atoms with E-state index in [0.29, 0.717) is 11.3 Å². The number of hydrogen-bond donors (Lipinski definition) is 1. The fourth-order valence-corrected chi connectivity index (χ4v) is 2.74. The quantitative estimate of drug-likeness (QED) is 0.847. The number of methoxy groups -OCH3 is 1. The molecular formula is C19H22N4O3. The molecule has 7 nitrogen and oxygen atoms in total. The molecule has 3 rings (SSSR count).